The maximum atomic E-state index is 11.0. The van der Waals surface area contributed by atoms with Crippen LogP contribution in [0, 0.1) is 0 Å². The minimum Gasteiger partial charge on any atom is -0.497 e. The zero-order chi connectivity index (χ0) is 21.8. The summed E-state index contributed by atoms with van der Waals surface area (Å²) in [6.07, 6.45) is 2.63. The van der Waals surface area contributed by atoms with Crippen LogP contribution in [0.2, 0.25) is 0 Å². The summed E-state index contributed by atoms with van der Waals surface area (Å²) >= 11 is 0. The molecular weight excluding hydrogens is 372 g/mol. The van der Waals surface area contributed by atoms with Gasteiger partial charge >= 0.3 is 11.9 Å². The maximum absolute atomic E-state index is 11.0. The van der Waals surface area contributed by atoms with Crippen molar-refractivity contribution in [2.75, 3.05) is 21.3 Å². The van der Waals surface area contributed by atoms with Gasteiger partial charge < -0.3 is 19.3 Å². The molecular formula is C23H26O6. The molecule has 0 aliphatic carbocycles. The zero-order valence-electron chi connectivity index (χ0n) is 17.3. The van der Waals surface area contributed by atoms with Gasteiger partial charge in [-0.25, -0.2) is 9.59 Å². The number of methoxy groups -OCH3 is 3. The molecule has 6 nitrogen and oxygen atoms in total. The molecule has 0 heterocycles. The maximum Gasteiger partial charge on any atom is 0.330 e. The van der Waals surface area contributed by atoms with Crippen molar-refractivity contribution in [1.82, 2.24) is 0 Å². The van der Waals surface area contributed by atoms with Gasteiger partial charge in [-0.05, 0) is 60.4 Å². The lowest BCUT2D eigenvalue weighted by atomic mass is 10.1. The van der Waals surface area contributed by atoms with Gasteiger partial charge in [0.15, 0.2) is 0 Å². The lowest BCUT2D eigenvalue weighted by Crippen LogP contribution is -1.95. The molecule has 0 unspecified atom stereocenters. The molecule has 0 saturated carbocycles. The van der Waals surface area contributed by atoms with Crippen LogP contribution >= 0.6 is 0 Å². The molecule has 0 atom stereocenters. The van der Waals surface area contributed by atoms with E-state index < -0.39 is 5.97 Å². The first-order chi connectivity index (χ1) is 13.8. The summed E-state index contributed by atoms with van der Waals surface area (Å²) in [6.45, 7) is 3.61. The third-order valence-corrected chi connectivity index (χ3v) is 3.93. The van der Waals surface area contributed by atoms with E-state index in [-0.39, 0.29) is 5.97 Å². The normalized spacial score (nSPS) is 11.1. The van der Waals surface area contributed by atoms with E-state index in [1.807, 2.05) is 49.4 Å². The van der Waals surface area contributed by atoms with Gasteiger partial charge in [0.2, 0.25) is 0 Å². The average Bonchev–Trinajstić information content (AvgIpc) is 2.73. The number of hydrogen-bond acceptors (Lipinski definition) is 5. The second-order valence-electron chi connectivity index (χ2n) is 5.98. The van der Waals surface area contributed by atoms with Crippen molar-refractivity contribution in [2.24, 2.45) is 0 Å². The van der Waals surface area contributed by atoms with E-state index in [0.717, 1.165) is 28.2 Å². The molecule has 0 radical (unpaired) electrons. The molecule has 0 amide bonds. The van der Waals surface area contributed by atoms with Crippen LogP contribution in [-0.4, -0.2) is 38.4 Å². The fourth-order valence-electron chi connectivity index (χ4n) is 2.32. The number of carboxylic acids is 1. The number of carbonyl (C=O) groups is 2. The molecule has 29 heavy (non-hydrogen) atoms. The van der Waals surface area contributed by atoms with Gasteiger partial charge in [-0.2, -0.15) is 0 Å². The van der Waals surface area contributed by atoms with Gasteiger partial charge in [0, 0.05) is 12.2 Å². The monoisotopic (exact) mass is 398 g/mol. The quantitative estimate of drug-likeness (QED) is 0.572. The Hall–Kier alpha value is -3.54. The average molecular weight is 398 g/mol. The second-order valence-corrected chi connectivity index (χ2v) is 5.98. The molecule has 2 rings (SSSR count). The molecule has 2 aromatic rings. The Kier molecular flexibility index (Phi) is 9.74. The largest absolute Gasteiger partial charge is 0.497 e. The van der Waals surface area contributed by atoms with E-state index in [1.165, 1.54) is 19.3 Å². The Morgan fingerprint density at radius 3 is 1.62 bits per heavy atom. The smallest absolute Gasteiger partial charge is 0.330 e. The van der Waals surface area contributed by atoms with E-state index in [2.05, 4.69) is 4.74 Å². The second kappa shape index (κ2) is 12.0. The number of hydrogen-bond donors (Lipinski definition) is 1. The van der Waals surface area contributed by atoms with Crippen LogP contribution < -0.4 is 9.47 Å². The Morgan fingerprint density at radius 1 is 0.793 bits per heavy atom. The lowest BCUT2D eigenvalue weighted by molar-refractivity contribution is -0.135. The first-order valence-electron chi connectivity index (χ1n) is 8.77. The Bertz CT molecular complexity index is 896. The first-order valence-corrected chi connectivity index (χ1v) is 8.77. The molecule has 0 bridgehead atoms. The van der Waals surface area contributed by atoms with Crippen molar-refractivity contribution in [1.29, 1.82) is 0 Å². The summed E-state index contributed by atoms with van der Waals surface area (Å²) < 4.78 is 14.7. The van der Waals surface area contributed by atoms with Crippen molar-refractivity contribution < 1.29 is 28.9 Å². The predicted molar refractivity (Wildman–Crippen MR) is 113 cm³/mol. The molecule has 6 heteroatoms. The Morgan fingerprint density at radius 2 is 1.24 bits per heavy atom. The summed E-state index contributed by atoms with van der Waals surface area (Å²) in [5.41, 5.74) is 3.35. The topological polar surface area (TPSA) is 82.1 Å². The highest BCUT2D eigenvalue weighted by Crippen LogP contribution is 2.20. The molecule has 0 spiro atoms. The number of allylic oxidation sites excluding steroid dienone is 2. The van der Waals surface area contributed by atoms with E-state index in [1.54, 1.807) is 27.2 Å². The number of benzene rings is 2. The van der Waals surface area contributed by atoms with Gasteiger partial charge in [0.05, 0.1) is 21.3 Å². The predicted octanol–water partition coefficient (Wildman–Crippen LogP) is 4.45. The highest BCUT2D eigenvalue weighted by atomic mass is 16.5. The van der Waals surface area contributed by atoms with Crippen molar-refractivity contribution in [3.8, 4) is 11.5 Å². The van der Waals surface area contributed by atoms with Crippen molar-refractivity contribution in [3.05, 3.63) is 71.8 Å². The number of aliphatic carboxylic acids is 1. The van der Waals surface area contributed by atoms with E-state index in [0.29, 0.717) is 5.57 Å². The van der Waals surface area contributed by atoms with Gasteiger partial charge in [-0.3, -0.25) is 0 Å². The van der Waals surface area contributed by atoms with Crippen LogP contribution in [0.5, 0.6) is 11.5 Å². The molecule has 0 saturated heterocycles. The van der Waals surface area contributed by atoms with E-state index in [4.69, 9.17) is 14.6 Å². The highest BCUT2D eigenvalue weighted by molar-refractivity contribution is 5.91. The van der Waals surface area contributed by atoms with Crippen LogP contribution in [0.25, 0.3) is 11.1 Å². The molecule has 0 aliphatic rings. The highest BCUT2D eigenvalue weighted by Gasteiger charge is 2.01. The lowest BCUT2D eigenvalue weighted by Gasteiger charge is -2.04. The van der Waals surface area contributed by atoms with Gasteiger partial charge in [0.1, 0.15) is 11.5 Å². The summed E-state index contributed by atoms with van der Waals surface area (Å²) in [6, 6.07) is 14.8. The van der Waals surface area contributed by atoms with E-state index >= 15 is 0 Å². The minimum atomic E-state index is -0.940. The summed E-state index contributed by atoms with van der Waals surface area (Å²) in [5, 5.41) is 8.56. The van der Waals surface area contributed by atoms with Gasteiger partial charge in [0.25, 0.3) is 0 Å². The molecule has 0 aromatic heterocycles. The first kappa shape index (κ1) is 23.5. The number of esters is 1. The van der Waals surface area contributed by atoms with Gasteiger partial charge in [-0.15, -0.1) is 0 Å². The molecule has 0 fully saturated rings. The fraction of sp³-hybridized carbons (Fsp3) is 0.217. The number of carboxylic acid groups (broad SMARTS) is 1. The van der Waals surface area contributed by atoms with E-state index in [9.17, 15) is 9.59 Å². The SMILES string of the molecule is COC(=O)C=C(C)c1cccc(OC)c1.COc1cccc(C(C)=CC(=O)O)c1. The zero-order valence-corrected chi connectivity index (χ0v) is 17.3. The van der Waals surface area contributed by atoms with Crippen molar-refractivity contribution >= 4 is 23.1 Å². The summed E-state index contributed by atoms with van der Waals surface area (Å²) in [5.74, 6) is 0.200. The van der Waals surface area contributed by atoms with Crippen LogP contribution in [0.3, 0.4) is 0 Å². The molecule has 1 N–H and O–H groups in total. The Balaban J connectivity index is 0.000000291. The van der Waals surface area contributed by atoms with Gasteiger partial charge in [-0.1, -0.05) is 24.3 Å². The summed E-state index contributed by atoms with van der Waals surface area (Å²) in [7, 11) is 4.55. The molecule has 2 aromatic carbocycles. The van der Waals surface area contributed by atoms with Crippen LogP contribution in [0.1, 0.15) is 25.0 Å². The van der Waals surface area contributed by atoms with Crippen LogP contribution in [0.15, 0.2) is 60.7 Å². The van der Waals surface area contributed by atoms with Crippen molar-refractivity contribution in [2.45, 2.75) is 13.8 Å². The van der Waals surface area contributed by atoms with Crippen molar-refractivity contribution in [3.63, 3.8) is 0 Å². The fourth-order valence-corrected chi connectivity index (χ4v) is 2.32. The number of carbonyl (C=O) groups excluding carboxylic acids is 1. The summed E-state index contributed by atoms with van der Waals surface area (Å²) in [4.78, 5) is 21.5. The number of ether oxygens (including phenoxy) is 3. The van der Waals surface area contributed by atoms with Crippen LogP contribution in [0.4, 0.5) is 0 Å². The Labute approximate surface area is 171 Å². The molecule has 154 valence electrons. The third kappa shape index (κ3) is 8.34. The molecule has 0 aliphatic heterocycles. The third-order valence-electron chi connectivity index (χ3n) is 3.93. The van der Waals surface area contributed by atoms with Crippen LogP contribution in [-0.2, 0) is 14.3 Å². The standard InChI is InChI=1S/C12H14O3.C11H12O3/c1-9(7-12(13)15-3)10-5-4-6-11(8-10)14-2;1-8(6-11(12)13)9-4-3-5-10(7-9)14-2/h4-8H,1-3H3;3-7H,1-2H3,(H,12,13). The number of rotatable bonds is 6. The minimum absolute atomic E-state index is 0.352.